The molecule has 1 N–H and O–H groups in total. The number of para-hydroxylation sites is 2. The molecule has 0 aliphatic heterocycles. The molecule has 0 unspecified atom stereocenters. The highest BCUT2D eigenvalue weighted by Crippen LogP contribution is 2.26. The van der Waals surface area contributed by atoms with Gasteiger partial charge in [-0.15, -0.1) is 0 Å². The summed E-state index contributed by atoms with van der Waals surface area (Å²) in [5.74, 6) is 0.831. The molecule has 0 radical (unpaired) electrons. The zero-order valence-corrected chi connectivity index (χ0v) is 12.2. The minimum atomic E-state index is 0.573. The van der Waals surface area contributed by atoms with E-state index in [1.165, 1.54) is 32.1 Å². The summed E-state index contributed by atoms with van der Waals surface area (Å²) in [5, 5.41) is 3.63. The van der Waals surface area contributed by atoms with Gasteiger partial charge in [-0.05, 0) is 37.8 Å². The van der Waals surface area contributed by atoms with Crippen LogP contribution in [0.15, 0.2) is 30.5 Å². The van der Waals surface area contributed by atoms with Crippen molar-refractivity contribution >= 4 is 11.0 Å². The van der Waals surface area contributed by atoms with Gasteiger partial charge in [-0.3, -0.25) is 4.98 Å². The van der Waals surface area contributed by atoms with E-state index >= 15 is 0 Å². The third-order valence-electron chi connectivity index (χ3n) is 4.46. The van der Waals surface area contributed by atoms with Crippen molar-refractivity contribution in [2.45, 2.75) is 51.6 Å². The first-order valence-corrected chi connectivity index (χ1v) is 7.77. The highest BCUT2D eigenvalue weighted by atomic mass is 14.9. The standard InChI is InChI=1S/C17H23N3/c1-13(14-7-3-2-4-8-14)18-11-15-12-19-16-9-5-6-10-17(16)20-15/h5-6,9-10,12-14,18H,2-4,7-8,11H2,1H3/t13-/m0/s1. The van der Waals surface area contributed by atoms with Gasteiger partial charge in [-0.2, -0.15) is 0 Å². The Hall–Kier alpha value is -1.48. The first-order chi connectivity index (χ1) is 9.83. The zero-order chi connectivity index (χ0) is 13.8. The van der Waals surface area contributed by atoms with E-state index in [2.05, 4.69) is 22.2 Å². The molecule has 0 spiro atoms. The lowest BCUT2D eigenvalue weighted by molar-refractivity contribution is 0.280. The molecule has 1 atom stereocenters. The van der Waals surface area contributed by atoms with Crippen LogP contribution in [0.2, 0.25) is 0 Å². The van der Waals surface area contributed by atoms with E-state index in [1.54, 1.807) is 0 Å². The summed E-state index contributed by atoms with van der Waals surface area (Å²) in [5.41, 5.74) is 2.99. The summed E-state index contributed by atoms with van der Waals surface area (Å²) in [6, 6.07) is 8.61. The topological polar surface area (TPSA) is 37.8 Å². The Labute approximate surface area is 120 Å². The van der Waals surface area contributed by atoms with Crippen LogP contribution in [-0.2, 0) is 6.54 Å². The lowest BCUT2D eigenvalue weighted by Crippen LogP contribution is -2.34. The summed E-state index contributed by atoms with van der Waals surface area (Å²) < 4.78 is 0. The van der Waals surface area contributed by atoms with Gasteiger partial charge in [0, 0.05) is 12.6 Å². The number of fused-ring (bicyclic) bond motifs is 1. The molecule has 20 heavy (non-hydrogen) atoms. The number of benzene rings is 1. The second-order valence-electron chi connectivity index (χ2n) is 5.92. The average Bonchev–Trinajstić information content (AvgIpc) is 2.53. The van der Waals surface area contributed by atoms with Gasteiger partial charge in [0.05, 0.1) is 22.9 Å². The molecule has 1 aromatic heterocycles. The van der Waals surface area contributed by atoms with Crippen molar-refractivity contribution in [3.05, 3.63) is 36.2 Å². The van der Waals surface area contributed by atoms with E-state index in [-0.39, 0.29) is 0 Å². The molecule has 3 heteroatoms. The van der Waals surface area contributed by atoms with Crippen molar-refractivity contribution in [2.24, 2.45) is 5.92 Å². The monoisotopic (exact) mass is 269 g/mol. The van der Waals surface area contributed by atoms with Crippen molar-refractivity contribution in [1.82, 2.24) is 15.3 Å². The van der Waals surface area contributed by atoms with Crippen LogP contribution in [0, 0.1) is 5.92 Å². The Morgan fingerprint density at radius 3 is 2.70 bits per heavy atom. The highest BCUT2D eigenvalue weighted by molar-refractivity contribution is 5.73. The van der Waals surface area contributed by atoms with Crippen molar-refractivity contribution in [1.29, 1.82) is 0 Å². The van der Waals surface area contributed by atoms with Crippen LogP contribution in [0.1, 0.15) is 44.7 Å². The predicted molar refractivity (Wildman–Crippen MR) is 82.4 cm³/mol. The minimum Gasteiger partial charge on any atom is -0.308 e. The molecule has 0 amide bonds. The fourth-order valence-corrected chi connectivity index (χ4v) is 3.15. The van der Waals surface area contributed by atoms with Crippen molar-refractivity contribution in [2.75, 3.05) is 0 Å². The van der Waals surface area contributed by atoms with Gasteiger partial charge < -0.3 is 5.32 Å². The Kier molecular flexibility index (Phi) is 4.26. The second-order valence-corrected chi connectivity index (χ2v) is 5.92. The van der Waals surface area contributed by atoms with E-state index in [4.69, 9.17) is 0 Å². The van der Waals surface area contributed by atoms with Crippen LogP contribution in [-0.4, -0.2) is 16.0 Å². The highest BCUT2D eigenvalue weighted by Gasteiger charge is 2.19. The van der Waals surface area contributed by atoms with Gasteiger partial charge in [0.2, 0.25) is 0 Å². The number of aromatic nitrogens is 2. The first-order valence-electron chi connectivity index (χ1n) is 7.77. The van der Waals surface area contributed by atoms with Gasteiger partial charge >= 0.3 is 0 Å². The fraction of sp³-hybridized carbons (Fsp3) is 0.529. The molecular weight excluding hydrogens is 246 g/mol. The summed E-state index contributed by atoms with van der Waals surface area (Å²) >= 11 is 0. The number of nitrogens with one attached hydrogen (secondary N) is 1. The number of hydrogen-bond acceptors (Lipinski definition) is 3. The Morgan fingerprint density at radius 2 is 1.90 bits per heavy atom. The molecule has 0 bridgehead atoms. The molecular formula is C17H23N3. The maximum absolute atomic E-state index is 4.67. The third-order valence-corrected chi connectivity index (χ3v) is 4.46. The molecule has 1 aliphatic rings. The fourth-order valence-electron chi connectivity index (χ4n) is 3.15. The maximum atomic E-state index is 4.67. The van der Waals surface area contributed by atoms with E-state index in [9.17, 15) is 0 Å². The lowest BCUT2D eigenvalue weighted by Gasteiger charge is -2.28. The average molecular weight is 269 g/mol. The summed E-state index contributed by atoms with van der Waals surface area (Å²) in [6.07, 6.45) is 8.84. The molecule has 1 aliphatic carbocycles. The van der Waals surface area contributed by atoms with Crippen molar-refractivity contribution < 1.29 is 0 Å². The maximum Gasteiger partial charge on any atom is 0.0890 e. The van der Waals surface area contributed by atoms with Gasteiger partial charge in [0.15, 0.2) is 0 Å². The van der Waals surface area contributed by atoms with Gasteiger partial charge in [-0.1, -0.05) is 31.4 Å². The van der Waals surface area contributed by atoms with Gasteiger partial charge in [0.25, 0.3) is 0 Å². The van der Waals surface area contributed by atoms with Crippen LogP contribution in [0.25, 0.3) is 11.0 Å². The largest absolute Gasteiger partial charge is 0.308 e. The third kappa shape index (κ3) is 3.15. The van der Waals surface area contributed by atoms with Crippen molar-refractivity contribution in [3.63, 3.8) is 0 Å². The smallest absolute Gasteiger partial charge is 0.0890 e. The van der Waals surface area contributed by atoms with Crippen molar-refractivity contribution in [3.8, 4) is 0 Å². The summed E-state index contributed by atoms with van der Waals surface area (Å²) in [7, 11) is 0. The molecule has 2 aromatic rings. The minimum absolute atomic E-state index is 0.573. The number of nitrogens with zero attached hydrogens (tertiary/aromatic N) is 2. The SMILES string of the molecule is C[C@H](NCc1cnc2ccccc2n1)C1CCCCC1. The van der Waals surface area contributed by atoms with Crippen LogP contribution in [0.4, 0.5) is 0 Å². The molecule has 0 saturated heterocycles. The molecule has 1 heterocycles. The Bertz CT molecular complexity index is 561. The number of hydrogen-bond donors (Lipinski definition) is 1. The summed E-state index contributed by atoms with van der Waals surface area (Å²) in [6.45, 7) is 3.12. The van der Waals surface area contributed by atoms with Gasteiger partial charge in [0.1, 0.15) is 0 Å². The quantitative estimate of drug-likeness (QED) is 0.920. The predicted octanol–water partition coefficient (Wildman–Crippen LogP) is 3.69. The second kappa shape index (κ2) is 6.31. The van der Waals surface area contributed by atoms with Crippen LogP contribution >= 0.6 is 0 Å². The number of rotatable bonds is 4. The Balaban J connectivity index is 1.61. The summed E-state index contributed by atoms with van der Waals surface area (Å²) in [4.78, 5) is 9.14. The molecule has 3 nitrogen and oxygen atoms in total. The van der Waals surface area contributed by atoms with E-state index in [1.807, 2.05) is 30.5 Å². The van der Waals surface area contributed by atoms with Gasteiger partial charge in [-0.25, -0.2) is 4.98 Å². The van der Waals surface area contributed by atoms with E-state index < -0.39 is 0 Å². The van der Waals surface area contributed by atoms with Crippen LogP contribution < -0.4 is 5.32 Å². The van der Waals surface area contributed by atoms with Crippen LogP contribution in [0.3, 0.4) is 0 Å². The molecule has 3 rings (SSSR count). The molecule has 1 fully saturated rings. The molecule has 106 valence electrons. The lowest BCUT2D eigenvalue weighted by atomic mass is 9.84. The zero-order valence-electron chi connectivity index (χ0n) is 12.2. The molecule has 1 saturated carbocycles. The Morgan fingerprint density at radius 1 is 1.15 bits per heavy atom. The van der Waals surface area contributed by atoms with E-state index in [0.29, 0.717) is 6.04 Å². The van der Waals surface area contributed by atoms with E-state index in [0.717, 1.165) is 29.2 Å². The van der Waals surface area contributed by atoms with Crippen LogP contribution in [0.5, 0.6) is 0 Å². The first kappa shape index (κ1) is 13.5. The normalized spacial score (nSPS) is 18.2. The molecule has 1 aromatic carbocycles.